The summed E-state index contributed by atoms with van der Waals surface area (Å²) in [4.78, 5) is 36.0. The summed E-state index contributed by atoms with van der Waals surface area (Å²) in [5, 5.41) is 0. The highest BCUT2D eigenvalue weighted by Crippen LogP contribution is 2.54. The summed E-state index contributed by atoms with van der Waals surface area (Å²) in [5.41, 5.74) is -0.688. The number of alkyl halides is 1. The number of nitrogens with zero attached hydrogens (tertiary/aromatic N) is 1. The molecule has 19 heavy (non-hydrogen) atoms. The number of piperidine rings is 1. The second-order valence-electron chi connectivity index (χ2n) is 5.71. The molecule has 1 aliphatic carbocycles. The Hall–Kier alpha value is -1.11. The van der Waals surface area contributed by atoms with Crippen molar-refractivity contribution in [2.75, 3.05) is 7.11 Å². The molecule has 2 aliphatic rings. The van der Waals surface area contributed by atoms with Crippen molar-refractivity contribution in [3.63, 3.8) is 0 Å². The van der Waals surface area contributed by atoms with Gasteiger partial charge in [-0.3, -0.25) is 9.59 Å². The molecule has 0 radical (unpaired) electrons. The molecule has 1 saturated heterocycles. The van der Waals surface area contributed by atoms with Crippen LogP contribution in [0.25, 0.3) is 0 Å². The molecule has 6 nitrogen and oxygen atoms in total. The zero-order valence-corrected chi connectivity index (χ0v) is 12.8. The largest absolute Gasteiger partial charge is 0.469 e. The van der Waals surface area contributed by atoms with Crippen LogP contribution in [0.2, 0.25) is 0 Å². The lowest BCUT2D eigenvalue weighted by Gasteiger charge is -2.25. The van der Waals surface area contributed by atoms with Gasteiger partial charge in [0.1, 0.15) is 5.60 Å². The van der Waals surface area contributed by atoms with E-state index in [1.807, 2.05) is 0 Å². The standard InChI is InChI=1S/C12H16BrNO5/c1-12(2,3)19-11(17)14-8-5(7(13)9(14)15)6(8)10(16)18-4/h5-8H,1-4H3/t5-,6-,7-,8+/m0/s1. The van der Waals surface area contributed by atoms with Crippen LogP contribution in [-0.4, -0.2) is 46.4 Å². The maximum Gasteiger partial charge on any atom is 0.417 e. The van der Waals surface area contributed by atoms with Crippen molar-refractivity contribution < 1.29 is 23.9 Å². The Kier molecular flexibility index (Phi) is 3.36. The van der Waals surface area contributed by atoms with Crippen LogP contribution < -0.4 is 0 Å². The van der Waals surface area contributed by atoms with Crippen LogP contribution in [0.1, 0.15) is 20.8 Å². The number of hydrogen-bond acceptors (Lipinski definition) is 5. The number of carbonyl (C=O) groups is 3. The van der Waals surface area contributed by atoms with Gasteiger partial charge in [-0.1, -0.05) is 15.9 Å². The summed E-state index contributed by atoms with van der Waals surface area (Å²) in [6.45, 7) is 5.16. The number of imide groups is 1. The Morgan fingerprint density at radius 3 is 2.37 bits per heavy atom. The molecular formula is C12H16BrNO5. The van der Waals surface area contributed by atoms with Gasteiger partial charge < -0.3 is 9.47 Å². The lowest BCUT2D eigenvalue weighted by molar-refractivity contribution is -0.143. The highest BCUT2D eigenvalue weighted by Gasteiger charge is 2.71. The van der Waals surface area contributed by atoms with Crippen molar-refractivity contribution in [3.8, 4) is 0 Å². The number of likely N-dealkylation sites (tertiary alicyclic amines) is 1. The smallest absolute Gasteiger partial charge is 0.417 e. The topological polar surface area (TPSA) is 72.9 Å². The van der Waals surface area contributed by atoms with Crippen LogP contribution in [0.5, 0.6) is 0 Å². The van der Waals surface area contributed by atoms with E-state index in [1.165, 1.54) is 7.11 Å². The molecule has 0 aromatic heterocycles. The first kappa shape index (κ1) is 14.3. The lowest BCUT2D eigenvalue weighted by atomic mass is 10.2. The van der Waals surface area contributed by atoms with E-state index in [2.05, 4.69) is 20.7 Å². The molecule has 0 spiro atoms. The van der Waals surface area contributed by atoms with Crippen molar-refractivity contribution in [1.82, 2.24) is 4.90 Å². The molecule has 0 bridgehead atoms. The first-order valence-corrected chi connectivity index (χ1v) is 6.88. The molecule has 0 aromatic rings. The minimum absolute atomic E-state index is 0.215. The van der Waals surface area contributed by atoms with Crippen molar-refractivity contribution in [1.29, 1.82) is 0 Å². The van der Waals surface area contributed by atoms with Gasteiger partial charge in [0.2, 0.25) is 5.91 Å². The van der Waals surface area contributed by atoms with Crippen molar-refractivity contribution in [3.05, 3.63) is 0 Å². The van der Waals surface area contributed by atoms with E-state index in [1.54, 1.807) is 20.8 Å². The molecule has 106 valence electrons. The predicted molar refractivity (Wildman–Crippen MR) is 68.6 cm³/mol. The molecule has 0 unspecified atom stereocenters. The second-order valence-corrected chi connectivity index (χ2v) is 6.69. The molecule has 2 amide bonds. The third-order valence-electron chi connectivity index (χ3n) is 3.21. The summed E-state index contributed by atoms with van der Waals surface area (Å²) in [5.74, 6) is -1.42. The molecule has 2 rings (SSSR count). The summed E-state index contributed by atoms with van der Waals surface area (Å²) < 4.78 is 9.87. The zero-order valence-electron chi connectivity index (χ0n) is 11.2. The first-order chi connectivity index (χ1) is 8.69. The molecule has 0 aromatic carbocycles. The van der Waals surface area contributed by atoms with Gasteiger partial charge in [0.05, 0.1) is 23.9 Å². The Morgan fingerprint density at radius 2 is 1.89 bits per heavy atom. The fourth-order valence-corrected chi connectivity index (χ4v) is 3.27. The van der Waals surface area contributed by atoms with Gasteiger partial charge in [-0.15, -0.1) is 0 Å². The molecule has 1 heterocycles. The summed E-state index contributed by atoms with van der Waals surface area (Å²) in [6.07, 6.45) is -0.708. The number of halogens is 1. The summed E-state index contributed by atoms with van der Waals surface area (Å²) >= 11 is 3.23. The Bertz CT molecular complexity index is 444. The number of methoxy groups -OCH3 is 1. The fraction of sp³-hybridized carbons (Fsp3) is 0.750. The van der Waals surface area contributed by atoms with E-state index in [9.17, 15) is 14.4 Å². The van der Waals surface area contributed by atoms with Crippen LogP contribution in [-0.2, 0) is 19.1 Å². The summed E-state index contributed by atoms with van der Waals surface area (Å²) in [7, 11) is 1.29. The maximum atomic E-state index is 12.0. The van der Waals surface area contributed by atoms with Gasteiger partial charge in [0.15, 0.2) is 0 Å². The van der Waals surface area contributed by atoms with Gasteiger partial charge in [-0.05, 0) is 20.8 Å². The molecule has 2 fully saturated rings. The van der Waals surface area contributed by atoms with Gasteiger partial charge in [0.25, 0.3) is 0 Å². The Balaban J connectivity index is 2.15. The Labute approximate surface area is 119 Å². The number of rotatable bonds is 1. The van der Waals surface area contributed by atoms with Crippen LogP contribution >= 0.6 is 15.9 Å². The predicted octanol–water partition coefficient (Wildman–Crippen LogP) is 1.31. The summed E-state index contributed by atoms with van der Waals surface area (Å²) in [6, 6.07) is -0.445. The van der Waals surface area contributed by atoms with E-state index in [0.717, 1.165) is 4.90 Å². The number of amides is 2. The molecule has 7 heteroatoms. The lowest BCUT2D eigenvalue weighted by Crippen LogP contribution is -2.43. The SMILES string of the molecule is COC(=O)[C@H]1[C@@H]2[C@H]1N(C(=O)OC(C)(C)C)C(=O)[C@H]2Br. The average molecular weight is 334 g/mol. The van der Waals surface area contributed by atoms with E-state index < -0.39 is 34.5 Å². The normalized spacial score (nSPS) is 32.9. The fourth-order valence-electron chi connectivity index (χ4n) is 2.41. The third-order valence-corrected chi connectivity index (χ3v) is 4.21. The van der Waals surface area contributed by atoms with E-state index in [0.29, 0.717) is 0 Å². The van der Waals surface area contributed by atoms with Gasteiger partial charge in [0, 0.05) is 5.92 Å². The molecular weight excluding hydrogens is 318 g/mol. The monoisotopic (exact) mass is 333 g/mol. The Morgan fingerprint density at radius 1 is 1.32 bits per heavy atom. The van der Waals surface area contributed by atoms with E-state index in [-0.39, 0.29) is 11.8 Å². The number of ether oxygens (including phenoxy) is 2. The minimum atomic E-state index is -0.708. The van der Waals surface area contributed by atoms with Gasteiger partial charge in [-0.25, -0.2) is 9.69 Å². The maximum absolute atomic E-state index is 12.0. The second kappa shape index (κ2) is 4.47. The average Bonchev–Trinajstić information content (AvgIpc) is 2.93. The van der Waals surface area contributed by atoms with Crippen LogP contribution in [0.3, 0.4) is 0 Å². The van der Waals surface area contributed by atoms with Gasteiger partial charge in [-0.2, -0.15) is 0 Å². The van der Waals surface area contributed by atoms with Crippen molar-refractivity contribution in [2.24, 2.45) is 11.8 Å². The van der Waals surface area contributed by atoms with Gasteiger partial charge >= 0.3 is 12.1 Å². The number of fused-ring (bicyclic) bond motifs is 1. The van der Waals surface area contributed by atoms with E-state index >= 15 is 0 Å². The molecule has 1 saturated carbocycles. The minimum Gasteiger partial charge on any atom is -0.469 e. The molecule has 1 aliphatic heterocycles. The van der Waals surface area contributed by atoms with E-state index in [4.69, 9.17) is 4.74 Å². The zero-order chi connectivity index (χ0) is 14.5. The quantitative estimate of drug-likeness (QED) is 0.534. The third kappa shape index (κ3) is 2.35. The highest BCUT2D eigenvalue weighted by atomic mass is 79.9. The first-order valence-electron chi connectivity index (χ1n) is 5.97. The van der Waals surface area contributed by atoms with Crippen LogP contribution in [0.4, 0.5) is 4.79 Å². The highest BCUT2D eigenvalue weighted by molar-refractivity contribution is 9.10. The molecule has 4 atom stereocenters. The van der Waals surface area contributed by atoms with Crippen LogP contribution in [0, 0.1) is 11.8 Å². The number of hydrogen-bond donors (Lipinski definition) is 0. The van der Waals surface area contributed by atoms with Crippen LogP contribution in [0.15, 0.2) is 0 Å². The van der Waals surface area contributed by atoms with Crippen molar-refractivity contribution in [2.45, 2.75) is 37.2 Å². The number of carbonyl (C=O) groups excluding carboxylic acids is 3. The van der Waals surface area contributed by atoms with Crippen molar-refractivity contribution >= 4 is 33.9 Å². The number of esters is 1. The molecule has 0 N–H and O–H groups in total.